The lowest BCUT2D eigenvalue weighted by Crippen LogP contribution is -2.37. The Morgan fingerprint density at radius 2 is 2.17 bits per heavy atom. The summed E-state index contributed by atoms with van der Waals surface area (Å²) in [7, 11) is 0. The number of nitrogens with one attached hydrogen (secondary N) is 1. The molecule has 5 nitrogen and oxygen atoms in total. The Bertz CT molecular complexity index is 666. The second kappa shape index (κ2) is 6.93. The third-order valence-corrected chi connectivity index (χ3v) is 4.20. The highest BCUT2D eigenvalue weighted by atomic mass is 19.3. The number of pyridine rings is 1. The number of alkyl halides is 2. The highest BCUT2D eigenvalue weighted by Crippen LogP contribution is 2.29. The maximum absolute atomic E-state index is 12.1. The molecule has 0 unspecified atom stereocenters. The van der Waals surface area contributed by atoms with E-state index in [0.717, 1.165) is 42.7 Å². The van der Waals surface area contributed by atoms with E-state index in [2.05, 4.69) is 15.2 Å². The first-order chi connectivity index (χ1) is 11.1. The SMILES string of the molecule is O=C(CC1CCN(c2nccc3occc23)CC1)NCC(F)F. The summed E-state index contributed by atoms with van der Waals surface area (Å²) < 4.78 is 29.5. The Balaban J connectivity index is 1.54. The van der Waals surface area contributed by atoms with E-state index in [4.69, 9.17) is 4.42 Å². The van der Waals surface area contributed by atoms with Gasteiger partial charge in [-0.3, -0.25) is 4.79 Å². The van der Waals surface area contributed by atoms with Crippen molar-refractivity contribution in [1.82, 2.24) is 10.3 Å². The summed E-state index contributed by atoms with van der Waals surface area (Å²) >= 11 is 0. The van der Waals surface area contributed by atoms with Gasteiger partial charge in [-0.2, -0.15) is 0 Å². The number of carbonyl (C=O) groups is 1. The number of furan rings is 1. The minimum absolute atomic E-state index is 0.229. The maximum Gasteiger partial charge on any atom is 0.255 e. The van der Waals surface area contributed by atoms with Crippen LogP contribution in [0.25, 0.3) is 11.0 Å². The van der Waals surface area contributed by atoms with E-state index in [1.807, 2.05) is 12.1 Å². The van der Waals surface area contributed by atoms with Crippen molar-refractivity contribution in [2.75, 3.05) is 24.5 Å². The van der Waals surface area contributed by atoms with Gasteiger partial charge in [0.25, 0.3) is 6.43 Å². The number of amides is 1. The molecule has 0 aliphatic carbocycles. The summed E-state index contributed by atoms with van der Waals surface area (Å²) in [6.07, 6.45) is 2.88. The van der Waals surface area contributed by atoms with Crippen LogP contribution in [0, 0.1) is 5.92 Å². The first-order valence-electron chi connectivity index (χ1n) is 7.75. The molecule has 1 aliphatic heterocycles. The van der Waals surface area contributed by atoms with Gasteiger partial charge in [-0.15, -0.1) is 0 Å². The number of aromatic nitrogens is 1. The molecule has 0 atom stereocenters. The molecule has 0 spiro atoms. The smallest absolute Gasteiger partial charge is 0.255 e. The largest absolute Gasteiger partial charge is 0.464 e. The van der Waals surface area contributed by atoms with Crippen LogP contribution in [0.1, 0.15) is 19.3 Å². The minimum Gasteiger partial charge on any atom is -0.464 e. The van der Waals surface area contributed by atoms with Crippen LogP contribution < -0.4 is 10.2 Å². The van der Waals surface area contributed by atoms with E-state index >= 15 is 0 Å². The van der Waals surface area contributed by atoms with Crippen LogP contribution in [-0.4, -0.2) is 37.0 Å². The Labute approximate surface area is 132 Å². The fourth-order valence-corrected chi connectivity index (χ4v) is 3.01. The molecule has 3 heterocycles. The molecule has 1 fully saturated rings. The van der Waals surface area contributed by atoms with Crippen molar-refractivity contribution in [2.24, 2.45) is 5.92 Å². The monoisotopic (exact) mass is 323 g/mol. The molecule has 1 aliphatic rings. The van der Waals surface area contributed by atoms with E-state index in [-0.39, 0.29) is 11.8 Å². The fraction of sp³-hybridized carbons (Fsp3) is 0.500. The molecule has 3 rings (SSSR count). The van der Waals surface area contributed by atoms with Gasteiger partial charge >= 0.3 is 0 Å². The van der Waals surface area contributed by atoms with Gasteiger partial charge in [-0.05, 0) is 30.9 Å². The van der Waals surface area contributed by atoms with Gasteiger partial charge in [0.15, 0.2) is 0 Å². The predicted molar refractivity (Wildman–Crippen MR) is 82.6 cm³/mol. The standard InChI is InChI=1S/C16H19F2N3O2/c17-14(18)10-20-15(22)9-11-2-6-21(7-3-11)16-12-4-8-23-13(12)1-5-19-16/h1,4-5,8,11,14H,2-3,6-7,9-10H2,(H,20,22). The second-order valence-corrected chi connectivity index (χ2v) is 5.80. The summed E-state index contributed by atoms with van der Waals surface area (Å²) in [6.45, 7) is 1.03. The zero-order chi connectivity index (χ0) is 16.2. The Morgan fingerprint density at radius 3 is 2.91 bits per heavy atom. The van der Waals surface area contributed by atoms with Crippen LogP contribution in [0.15, 0.2) is 29.0 Å². The zero-order valence-electron chi connectivity index (χ0n) is 12.7. The molecule has 7 heteroatoms. The summed E-state index contributed by atoms with van der Waals surface area (Å²) in [5.41, 5.74) is 0.809. The third-order valence-electron chi connectivity index (χ3n) is 4.20. The van der Waals surface area contributed by atoms with Gasteiger partial charge in [-0.25, -0.2) is 13.8 Å². The summed E-state index contributed by atoms with van der Waals surface area (Å²) in [5, 5.41) is 3.25. The Hall–Kier alpha value is -2.18. The number of fused-ring (bicyclic) bond motifs is 1. The number of hydrogen-bond donors (Lipinski definition) is 1. The second-order valence-electron chi connectivity index (χ2n) is 5.80. The van der Waals surface area contributed by atoms with Crippen LogP contribution in [-0.2, 0) is 4.79 Å². The highest BCUT2D eigenvalue weighted by Gasteiger charge is 2.23. The molecule has 0 radical (unpaired) electrons. The molecule has 0 aromatic carbocycles. The van der Waals surface area contributed by atoms with Crippen LogP contribution in [0.4, 0.5) is 14.6 Å². The average Bonchev–Trinajstić information content (AvgIpc) is 3.02. The van der Waals surface area contributed by atoms with Crippen LogP contribution in [0.3, 0.4) is 0 Å². The molecule has 1 saturated heterocycles. The lowest BCUT2D eigenvalue weighted by molar-refractivity contribution is -0.122. The van der Waals surface area contributed by atoms with Crippen LogP contribution in [0.5, 0.6) is 0 Å². The molecule has 1 amide bonds. The predicted octanol–water partition coefficient (Wildman–Crippen LogP) is 2.82. The molecule has 1 N–H and O–H groups in total. The normalized spacial score (nSPS) is 16.2. The van der Waals surface area contributed by atoms with Crippen molar-refractivity contribution in [2.45, 2.75) is 25.7 Å². The lowest BCUT2D eigenvalue weighted by Gasteiger charge is -2.32. The van der Waals surface area contributed by atoms with E-state index in [9.17, 15) is 13.6 Å². The van der Waals surface area contributed by atoms with Crippen molar-refractivity contribution < 1.29 is 18.0 Å². The summed E-state index contributed by atoms with van der Waals surface area (Å²) in [6, 6.07) is 3.74. The van der Waals surface area contributed by atoms with Crippen molar-refractivity contribution in [3.63, 3.8) is 0 Å². The fourth-order valence-electron chi connectivity index (χ4n) is 3.01. The summed E-state index contributed by atoms with van der Waals surface area (Å²) in [5.74, 6) is 0.836. The van der Waals surface area contributed by atoms with Gasteiger partial charge in [-0.1, -0.05) is 0 Å². The topological polar surface area (TPSA) is 58.4 Å². The van der Waals surface area contributed by atoms with Crippen LogP contribution >= 0.6 is 0 Å². The molecular formula is C16H19F2N3O2. The number of piperidine rings is 1. The lowest BCUT2D eigenvalue weighted by atomic mass is 9.93. The number of carbonyl (C=O) groups excluding carboxylic acids is 1. The van der Waals surface area contributed by atoms with Crippen molar-refractivity contribution >= 4 is 22.7 Å². The van der Waals surface area contributed by atoms with Crippen molar-refractivity contribution in [3.8, 4) is 0 Å². The zero-order valence-corrected chi connectivity index (χ0v) is 12.7. The van der Waals surface area contributed by atoms with E-state index in [1.165, 1.54) is 0 Å². The number of anilines is 1. The van der Waals surface area contributed by atoms with Crippen molar-refractivity contribution in [1.29, 1.82) is 0 Å². The Morgan fingerprint density at radius 1 is 1.39 bits per heavy atom. The van der Waals surface area contributed by atoms with Crippen molar-refractivity contribution in [3.05, 3.63) is 24.6 Å². The van der Waals surface area contributed by atoms with Gasteiger partial charge in [0.2, 0.25) is 5.91 Å². The first kappa shape index (κ1) is 15.7. The maximum atomic E-state index is 12.1. The first-order valence-corrected chi connectivity index (χ1v) is 7.75. The van der Waals surface area contributed by atoms with Gasteiger partial charge in [0, 0.05) is 25.7 Å². The minimum atomic E-state index is -2.50. The third kappa shape index (κ3) is 3.78. The number of halogens is 2. The van der Waals surface area contributed by atoms with Gasteiger partial charge in [0.1, 0.15) is 11.4 Å². The average molecular weight is 323 g/mol. The number of hydrogen-bond acceptors (Lipinski definition) is 4. The van der Waals surface area contributed by atoms with Gasteiger partial charge in [0.05, 0.1) is 18.2 Å². The molecule has 2 aromatic rings. The molecular weight excluding hydrogens is 304 g/mol. The summed E-state index contributed by atoms with van der Waals surface area (Å²) in [4.78, 5) is 18.3. The van der Waals surface area contributed by atoms with E-state index < -0.39 is 13.0 Å². The molecule has 0 bridgehead atoms. The van der Waals surface area contributed by atoms with E-state index in [1.54, 1.807) is 12.5 Å². The molecule has 2 aromatic heterocycles. The molecule has 23 heavy (non-hydrogen) atoms. The number of nitrogens with zero attached hydrogens (tertiary/aromatic N) is 2. The Kier molecular flexibility index (Phi) is 4.73. The number of rotatable bonds is 5. The van der Waals surface area contributed by atoms with Gasteiger partial charge < -0.3 is 14.6 Å². The molecule has 0 saturated carbocycles. The van der Waals surface area contributed by atoms with E-state index in [0.29, 0.717) is 6.42 Å². The van der Waals surface area contributed by atoms with Crippen LogP contribution in [0.2, 0.25) is 0 Å². The quantitative estimate of drug-likeness (QED) is 0.919. The molecule has 124 valence electrons. The highest BCUT2D eigenvalue weighted by molar-refractivity contribution is 5.88.